The van der Waals surface area contributed by atoms with Crippen LogP contribution >= 0.6 is 0 Å². The first kappa shape index (κ1) is 14.8. The minimum absolute atomic E-state index is 0.182. The molecule has 0 spiro atoms. The van der Waals surface area contributed by atoms with Crippen molar-refractivity contribution in [2.24, 2.45) is 11.7 Å². The van der Waals surface area contributed by atoms with E-state index in [2.05, 4.69) is 0 Å². The van der Waals surface area contributed by atoms with Gasteiger partial charge < -0.3 is 15.4 Å². The summed E-state index contributed by atoms with van der Waals surface area (Å²) in [6, 6.07) is 5.97. The van der Waals surface area contributed by atoms with Gasteiger partial charge in [0.25, 0.3) is 0 Å². The molecular weight excluding hydrogens is 259 g/mol. The molecule has 1 aromatic rings. The van der Waals surface area contributed by atoms with E-state index in [0.29, 0.717) is 12.5 Å². The van der Waals surface area contributed by atoms with Crippen molar-refractivity contribution >= 4 is 6.09 Å². The summed E-state index contributed by atoms with van der Waals surface area (Å²) in [5.74, 6) is 0.336. The molecule has 1 fully saturated rings. The maximum absolute atomic E-state index is 12.8. The summed E-state index contributed by atoms with van der Waals surface area (Å²) in [5.41, 5.74) is 6.33. The van der Waals surface area contributed by atoms with E-state index in [9.17, 15) is 9.18 Å². The van der Waals surface area contributed by atoms with Crippen LogP contribution in [-0.4, -0.2) is 30.6 Å². The zero-order valence-corrected chi connectivity index (χ0v) is 11.6. The number of hydrogen-bond donors (Lipinski definition) is 1. The lowest BCUT2D eigenvalue weighted by atomic mass is 9.94. The van der Waals surface area contributed by atoms with Crippen molar-refractivity contribution in [3.63, 3.8) is 0 Å². The predicted molar refractivity (Wildman–Crippen MR) is 74.6 cm³/mol. The van der Waals surface area contributed by atoms with Crippen LogP contribution in [0.3, 0.4) is 0 Å². The van der Waals surface area contributed by atoms with Crippen LogP contribution < -0.4 is 5.73 Å². The fraction of sp³-hybridized carbons (Fsp3) is 0.533. The number of ether oxygens (including phenoxy) is 1. The number of nitrogens with two attached hydrogens (primary N) is 1. The summed E-state index contributed by atoms with van der Waals surface area (Å²) in [6.07, 6.45) is 2.71. The minimum atomic E-state index is -0.291. The van der Waals surface area contributed by atoms with Gasteiger partial charge >= 0.3 is 6.09 Å². The standard InChI is InChI=1S/C15H21FN2O2/c16-14-3-1-13(2-4-14)11-20-15(19)18-9-6-12(5-8-17)7-10-18/h1-4,12H,5-11,17H2. The number of nitrogens with zero attached hydrogens (tertiary/aromatic N) is 1. The second-order valence-electron chi connectivity index (χ2n) is 5.19. The fourth-order valence-corrected chi connectivity index (χ4v) is 2.46. The van der Waals surface area contributed by atoms with Gasteiger partial charge in [-0.05, 0) is 49.4 Å². The lowest BCUT2D eigenvalue weighted by Gasteiger charge is -2.31. The average molecular weight is 280 g/mol. The number of likely N-dealkylation sites (tertiary alicyclic amines) is 1. The molecule has 1 aromatic carbocycles. The summed E-state index contributed by atoms with van der Waals surface area (Å²) in [4.78, 5) is 13.6. The molecule has 0 unspecified atom stereocenters. The van der Waals surface area contributed by atoms with Crippen molar-refractivity contribution in [2.75, 3.05) is 19.6 Å². The lowest BCUT2D eigenvalue weighted by Crippen LogP contribution is -2.39. The highest BCUT2D eigenvalue weighted by atomic mass is 19.1. The van der Waals surface area contributed by atoms with Gasteiger partial charge in [0.05, 0.1) is 0 Å². The van der Waals surface area contributed by atoms with E-state index in [4.69, 9.17) is 10.5 Å². The lowest BCUT2D eigenvalue weighted by molar-refractivity contribution is 0.0817. The number of amides is 1. The molecule has 1 heterocycles. The molecule has 0 saturated carbocycles. The minimum Gasteiger partial charge on any atom is -0.445 e. The number of rotatable bonds is 4. The topological polar surface area (TPSA) is 55.6 Å². The fourth-order valence-electron chi connectivity index (χ4n) is 2.46. The molecule has 5 heteroatoms. The average Bonchev–Trinajstić information content (AvgIpc) is 2.47. The third kappa shape index (κ3) is 4.20. The Morgan fingerprint density at radius 3 is 2.55 bits per heavy atom. The molecule has 4 nitrogen and oxygen atoms in total. The van der Waals surface area contributed by atoms with Crippen molar-refractivity contribution in [3.05, 3.63) is 35.6 Å². The van der Waals surface area contributed by atoms with Gasteiger partial charge in [0, 0.05) is 13.1 Å². The smallest absolute Gasteiger partial charge is 0.410 e. The molecule has 1 amide bonds. The zero-order valence-electron chi connectivity index (χ0n) is 11.6. The van der Waals surface area contributed by atoms with Gasteiger partial charge in [-0.2, -0.15) is 0 Å². The van der Waals surface area contributed by atoms with E-state index in [1.807, 2.05) is 0 Å². The Labute approximate surface area is 118 Å². The number of hydrogen-bond acceptors (Lipinski definition) is 3. The van der Waals surface area contributed by atoms with Crippen LogP contribution in [0.4, 0.5) is 9.18 Å². The number of carbonyl (C=O) groups is 1. The zero-order chi connectivity index (χ0) is 14.4. The van der Waals surface area contributed by atoms with Gasteiger partial charge in [-0.1, -0.05) is 12.1 Å². The Kier molecular flexibility index (Phi) is 5.35. The summed E-state index contributed by atoms with van der Waals surface area (Å²) < 4.78 is 18.0. The quantitative estimate of drug-likeness (QED) is 0.922. The number of piperidine rings is 1. The predicted octanol–water partition coefficient (Wildman–Crippen LogP) is 2.52. The van der Waals surface area contributed by atoms with Gasteiger partial charge in [0.15, 0.2) is 0 Å². The van der Waals surface area contributed by atoms with Crippen molar-refractivity contribution in [3.8, 4) is 0 Å². The Morgan fingerprint density at radius 1 is 1.30 bits per heavy atom. The van der Waals surface area contributed by atoms with Crippen molar-refractivity contribution in [1.82, 2.24) is 4.90 Å². The van der Waals surface area contributed by atoms with Crippen LogP contribution in [0.25, 0.3) is 0 Å². The first-order chi connectivity index (χ1) is 9.69. The van der Waals surface area contributed by atoms with Gasteiger partial charge in [-0.3, -0.25) is 0 Å². The molecule has 0 aliphatic carbocycles. The second kappa shape index (κ2) is 7.24. The summed E-state index contributed by atoms with van der Waals surface area (Å²) in [7, 11) is 0. The van der Waals surface area contributed by atoms with E-state index in [1.165, 1.54) is 12.1 Å². The van der Waals surface area contributed by atoms with Gasteiger partial charge in [-0.15, -0.1) is 0 Å². The van der Waals surface area contributed by atoms with Crippen molar-refractivity contribution < 1.29 is 13.9 Å². The van der Waals surface area contributed by atoms with Crippen LogP contribution in [0.1, 0.15) is 24.8 Å². The molecule has 1 saturated heterocycles. The molecule has 2 N–H and O–H groups in total. The van der Waals surface area contributed by atoms with Gasteiger partial charge in [-0.25, -0.2) is 9.18 Å². The third-order valence-corrected chi connectivity index (χ3v) is 3.72. The number of benzene rings is 1. The Balaban J connectivity index is 1.74. The van der Waals surface area contributed by atoms with E-state index in [1.54, 1.807) is 17.0 Å². The molecule has 1 aliphatic heterocycles. The Hall–Kier alpha value is -1.62. The monoisotopic (exact) mass is 280 g/mol. The van der Waals surface area contributed by atoms with E-state index >= 15 is 0 Å². The Morgan fingerprint density at radius 2 is 1.95 bits per heavy atom. The number of carbonyl (C=O) groups excluding carboxylic acids is 1. The van der Waals surface area contributed by atoms with E-state index in [0.717, 1.165) is 37.9 Å². The molecule has 1 aliphatic rings. The molecule has 0 atom stereocenters. The SMILES string of the molecule is NCCC1CCN(C(=O)OCc2ccc(F)cc2)CC1. The maximum Gasteiger partial charge on any atom is 0.410 e. The van der Waals surface area contributed by atoms with Gasteiger partial charge in [0.1, 0.15) is 12.4 Å². The Bertz CT molecular complexity index is 428. The molecule has 2 rings (SSSR count). The molecule has 0 bridgehead atoms. The van der Waals surface area contributed by atoms with Crippen LogP contribution in [0.2, 0.25) is 0 Å². The molecule has 110 valence electrons. The number of halogens is 1. The molecular formula is C15H21FN2O2. The van der Waals surface area contributed by atoms with Crippen molar-refractivity contribution in [1.29, 1.82) is 0 Å². The summed E-state index contributed by atoms with van der Waals surface area (Å²) in [6.45, 7) is 2.35. The first-order valence-corrected chi connectivity index (χ1v) is 7.05. The highest BCUT2D eigenvalue weighted by Gasteiger charge is 2.23. The van der Waals surface area contributed by atoms with Crippen LogP contribution in [0.5, 0.6) is 0 Å². The summed E-state index contributed by atoms with van der Waals surface area (Å²) >= 11 is 0. The molecule has 0 aromatic heterocycles. The highest BCUT2D eigenvalue weighted by Crippen LogP contribution is 2.20. The largest absolute Gasteiger partial charge is 0.445 e. The molecule has 0 radical (unpaired) electrons. The molecule has 20 heavy (non-hydrogen) atoms. The summed E-state index contributed by atoms with van der Waals surface area (Å²) in [5, 5.41) is 0. The third-order valence-electron chi connectivity index (χ3n) is 3.72. The second-order valence-corrected chi connectivity index (χ2v) is 5.19. The van der Waals surface area contributed by atoms with Gasteiger partial charge in [0.2, 0.25) is 0 Å². The van der Waals surface area contributed by atoms with Crippen LogP contribution in [0.15, 0.2) is 24.3 Å². The van der Waals surface area contributed by atoms with Crippen LogP contribution in [-0.2, 0) is 11.3 Å². The van der Waals surface area contributed by atoms with E-state index < -0.39 is 0 Å². The maximum atomic E-state index is 12.8. The van der Waals surface area contributed by atoms with Crippen LogP contribution in [0, 0.1) is 11.7 Å². The normalized spacial score (nSPS) is 16.2. The van der Waals surface area contributed by atoms with Crippen molar-refractivity contribution in [2.45, 2.75) is 25.9 Å². The highest BCUT2D eigenvalue weighted by molar-refractivity contribution is 5.67. The first-order valence-electron chi connectivity index (χ1n) is 7.05. The van der Waals surface area contributed by atoms with E-state index in [-0.39, 0.29) is 18.5 Å².